The van der Waals surface area contributed by atoms with Gasteiger partial charge in [-0.3, -0.25) is 19.5 Å². The molecule has 2 aromatic carbocycles. The number of carbonyl (C=O) groups excluding carboxylic acids is 2. The van der Waals surface area contributed by atoms with E-state index < -0.39 is 27.7 Å². The summed E-state index contributed by atoms with van der Waals surface area (Å²) in [5, 5.41) is 4.16. The molecule has 0 spiro atoms. The van der Waals surface area contributed by atoms with Crippen molar-refractivity contribution >= 4 is 55.4 Å². The van der Waals surface area contributed by atoms with Crippen LogP contribution in [0.25, 0.3) is 10.8 Å². The number of fused-ring (bicyclic) bond motifs is 1. The third kappa shape index (κ3) is 5.64. The van der Waals surface area contributed by atoms with E-state index in [1.54, 1.807) is 37.4 Å². The second-order valence-corrected chi connectivity index (χ2v) is 12.1. The van der Waals surface area contributed by atoms with Gasteiger partial charge in [0.2, 0.25) is 11.8 Å². The van der Waals surface area contributed by atoms with E-state index in [2.05, 4.69) is 9.89 Å². The van der Waals surface area contributed by atoms with E-state index in [1.807, 2.05) is 17.0 Å². The first-order chi connectivity index (χ1) is 17.1. The van der Waals surface area contributed by atoms with Gasteiger partial charge in [-0.05, 0) is 35.0 Å². The monoisotopic (exact) mass is 549 g/mol. The zero-order valence-corrected chi connectivity index (χ0v) is 22.4. The first kappa shape index (κ1) is 26.3. The molecule has 0 bridgehead atoms. The lowest BCUT2D eigenvalue weighted by atomic mass is 10.1. The van der Waals surface area contributed by atoms with Crippen LogP contribution in [-0.4, -0.2) is 73.1 Å². The maximum Gasteiger partial charge on any atom is 0.241 e. The highest BCUT2D eigenvalue weighted by atomic mass is 35.5. The molecular formula is C24H28ClN5O4S2. The van der Waals surface area contributed by atoms with Gasteiger partial charge in [0.15, 0.2) is 14.6 Å². The van der Waals surface area contributed by atoms with E-state index in [0.717, 1.165) is 21.3 Å². The van der Waals surface area contributed by atoms with Gasteiger partial charge in [-0.1, -0.05) is 23.7 Å². The van der Waals surface area contributed by atoms with Crippen LogP contribution in [0.15, 0.2) is 51.7 Å². The van der Waals surface area contributed by atoms with E-state index in [0.29, 0.717) is 24.7 Å². The summed E-state index contributed by atoms with van der Waals surface area (Å²) in [7, 11) is -0.0368. The Hall–Kier alpha value is -2.73. The molecule has 2 amide bonds. The number of thiazole rings is 1. The van der Waals surface area contributed by atoms with Crippen LogP contribution < -0.4 is 10.5 Å². The van der Waals surface area contributed by atoms with Gasteiger partial charge in [-0.2, -0.15) is 0 Å². The number of sulfone groups is 1. The summed E-state index contributed by atoms with van der Waals surface area (Å²) < 4.78 is 27.9. The summed E-state index contributed by atoms with van der Waals surface area (Å²) in [6.45, 7) is 1.72. The van der Waals surface area contributed by atoms with Crippen molar-refractivity contribution in [3.63, 3.8) is 0 Å². The van der Waals surface area contributed by atoms with Crippen LogP contribution in [-0.2, 0) is 33.0 Å². The summed E-state index contributed by atoms with van der Waals surface area (Å²) in [6, 6.07) is 9.19. The zero-order chi connectivity index (χ0) is 26.0. The molecule has 2 N–H and O–H groups in total. The Balaban J connectivity index is 1.42. The van der Waals surface area contributed by atoms with Crippen molar-refractivity contribution in [1.82, 2.24) is 14.4 Å². The van der Waals surface area contributed by atoms with Crippen molar-refractivity contribution in [3.05, 3.63) is 57.3 Å². The van der Waals surface area contributed by atoms with Crippen LogP contribution in [0.1, 0.15) is 12.1 Å². The fraction of sp³-hybridized carbons (Fsp3) is 0.375. The van der Waals surface area contributed by atoms with Gasteiger partial charge < -0.3 is 15.2 Å². The molecule has 3 aromatic rings. The number of hydrogen-bond donors (Lipinski definition) is 1. The zero-order valence-electron chi connectivity index (χ0n) is 20.1. The largest absolute Gasteiger partial charge is 0.368 e. The van der Waals surface area contributed by atoms with Gasteiger partial charge in [-0.25, -0.2) is 8.42 Å². The van der Waals surface area contributed by atoms with Crippen LogP contribution in [0.5, 0.6) is 0 Å². The van der Waals surface area contributed by atoms with Crippen LogP contribution >= 0.6 is 22.9 Å². The SMILES string of the molecule is CN=c1scc(CN2CCN(C(=O)CCS(=O)(=O)c3ccc4cc(Cl)ccc4c3)C(C(N)=O)C2)n1C. The number of amides is 2. The van der Waals surface area contributed by atoms with Crippen LogP contribution in [0, 0.1) is 0 Å². The van der Waals surface area contributed by atoms with Crippen molar-refractivity contribution in [1.29, 1.82) is 0 Å². The molecule has 1 saturated heterocycles. The normalized spacial score (nSPS) is 17.6. The molecule has 1 fully saturated rings. The minimum Gasteiger partial charge on any atom is -0.368 e. The van der Waals surface area contributed by atoms with E-state index in [1.165, 1.54) is 22.3 Å². The average Bonchev–Trinajstić information content (AvgIpc) is 3.21. The predicted octanol–water partition coefficient (Wildman–Crippen LogP) is 1.79. The maximum atomic E-state index is 13.0. The molecule has 0 saturated carbocycles. The molecule has 192 valence electrons. The second-order valence-electron chi connectivity index (χ2n) is 8.75. The Morgan fingerprint density at radius 1 is 1.17 bits per heavy atom. The Morgan fingerprint density at radius 3 is 2.58 bits per heavy atom. The topological polar surface area (TPSA) is 118 Å². The lowest BCUT2D eigenvalue weighted by Gasteiger charge is -2.40. The standard InChI is InChI=1S/C24H28ClN5O4S2/c1-27-24-28(2)19(15-35-24)13-29-8-9-30(21(14-29)23(26)32)22(31)7-10-36(33,34)20-6-4-16-11-18(25)5-3-17(16)12-20/h3-6,11-12,15,21H,7-10,13-14H2,1-2H3,(H2,26,32). The van der Waals surface area contributed by atoms with E-state index in [-0.39, 0.29) is 23.6 Å². The number of carbonyl (C=O) groups is 2. The molecule has 12 heteroatoms. The molecule has 0 radical (unpaired) electrons. The Morgan fingerprint density at radius 2 is 1.89 bits per heavy atom. The first-order valence-corrected chi connectivity index (χ1v) is 14.3. The van der Waals surface area contributed by atoms with Crippen molar-refractivity contribution < 1.29 is 18.0 Å². The summed E-state index contributed by atoms with van der Waals surface area (Å²) >= 11 is 7.54. The Bertz CT molecular complexity index is 1480. The third-order valence-corrected chi connectivity index (χ3v) is 9.43. The summed E-state index contributed by atoms with van der Waals surface area (Å²) in [6.07, 6.45) is -0.231. The highest BCUT2D eigenvalue weighted by Crippen LogP contribution is 2.24. The second kappa shape index (κ2) is 10.7. The van der Waals surface area contributed by atoms with Gasteiger partial charge in [0.25, 0.3) is 0 Å². The number of hydrogen-bond acceptors (Lipinski definition) is 7. The first-order valence-electron chi connectivity index (χ1n) is 11.4. The Labute approximate surface area is 218 Å². The van der Waals surface area contributed by atoms with E-state index in [9.17, 15) is 18.0 Å². The number of primary amides is 1. The van der Waals surface area contributed by atoms with Crippen molar-refractivity contribution in [2.45, 2.75) is 23.9 Å². The Kier molecular flexibility index (Phi) is 7.84. The molecule has 1 unspecified atom stereocenters. The number of nitrogens with two attached hydrogens (primary N) is 1. The molecule has 9 nitrogen and oxygen atoms in total. The van der Waals surface area contributed by atoms with Gasteiger partial charge >= 0.3 is 0 Å². The van der Waals surface area contributed by atoms with Crippen molar-refractivity contribution in [2.24, 2.45) is 17.8 Å². The van der Waals surface area contributed by atoms with Crippen LogP contribution in [0.2, 0.25) is 5.02 Å². The minimum atomic E-state index is -3.71. The molecule has 1 aliphatic heterocycles. The smallest absolute Gasteiger partial charge is 0.241 e. The van der Waals surface area contributed by atoms with E-state index >= 15 is 0 Å². The molecule has 1 atom stereocenters. The van der Waals surface area contributed by atoms with Gasteiger partial charge in [-0.15, -0.1) is 11.3 Å². The molecule has 1 aliphatic rings. The lowest BCUT2D eigenvalue weighted by Crippen LogP contribution is -2.59. The summed E-state index contributed by atoms with van der Waals surface area (Å²) in [5.74, 6) is -1.37. The average molecular weight is 550 g/mol. The highest BCUT2D eigenvalue weighted by molar-refractivity contribution is 7.91. The lowest BCUT2D eigenvalue weighted by molar-refractivity contribution is -0.142. The van der Waals surface area contributed by atoms with Gasteiger partial charge in [0.05, 0.1) is 10.6 Å². The number of rotatable bonds is 7. The molecular weight excluding hydrogens is 522 g/mol. The highest BCUT2D eigenvalue weighted by Gasteiger charge is 2.34. The third-order valence-electron chi connectivity index (χ3n) is 6.43. The van der Waals surface area contributed by atoms with Crippen LogP contribution in [0.4, 0.5) is 0 Å². The number of benzene rings is 2. The summed E-state index contributed by atoms with van der Waals surface area (Å²) in [5.41, 5.74) is 6.69. The molecule has 36 heavy (non-hydrogen) atoms. The predicted molar refractivity (Wildman–Crippen MR) is 140 cm³/mol. The molecule has 1 aromatic heterocycles. The molecule has 2 heterocycles. The van der Waals surface area contributed by atoms with Gasteiger partial charge in [0, 0.05) is 62.8 Å². The van der Waals surface area contributed by atoms with Crippen molar-refractivity contribution in [3.8, 4) is 0 Å². The maximum absolute atomic E-state index is 13.0. The number of nitrogens with zero attached hydrogens (tertiary/aromatic N) is 4. The quantitative estimate of drug-likeness (QED) is 0.482. The van der Waals surface area contributed by atoms with E-state index in [4.69, 9.17) is 17.3 Å². The van der Waals surface area contributed by atoms with Crippen molar-refractivity contribution in [2.75, 3.05) is 32.4 Å². The number of piperazine rings is 1. The summed E-state index contributed by atoms with van der Waals surface area (Å²) in [4.78, 5) is 34.0. The number of halogens is 1. The molecule has 0 aliphatic carbocycles. The van der Waals surface area contributed by atoms with Crippen LogP contribution in [0.3, 0.4) is 0 Å². The fourth-order valence-corrected chi connectivity index (χ4v) is 6.67. The van der Waals surface area contributed by atoms with Gasteiger partial charge in [0.1, 0.15) is 6.04 Å². The molecule has 4 rings (SSSR count). The fourth-order valence-electron chi connectivity index (χ4n) is 4.37. The number of aromatic nitrogens is 1. The minimum absolute atomic E-state index is 0.142.